The van der Waals surface area contributed by atoms with E-state index in [2.05, 4.69) is 20.3 Å². The third kappa shape index (κ3) is 6.29. The Morgan fingerprint density at radius 1 is 1.29 bits per heavy atom. The van der Waals surface area contributed by atoms with Crippen LogP contribution in [-0.2, 0) is 4.79 Å². The van der Waals surface area contributed by atoms with Crippen LogP contribution in [-0.4, -0.2) is 77.9 Å². The topological polar surface area (TPSA) is 91.1 Å². The molecule has 2 N–H and O–H groups in total. The summed E-state index contributed by atoms with van der Waals surface area (Å²) in [6.45, 7) is 5.66. The van der Waals surface area contributed by atoms with Crippen molar-refractivity contribution in [1.29, 1.82) is 0 Å². The molecule has 9 heteroatoms. The molecule has 0 spiro atoms. The van der Waals surface area contributed by atoms with Gasteiger partial charge in [-0.3, -0.25) is 14.6 Å². The Labute approximate surface area is 162 Å². The maximum atomic E-state index is 12.9. The first-order valence-electron chi connectivity index (χ1n) is 9.22. The number of ether oxygens (including phenoxy) is 1. The number of aryl methyl sites for hydroxylation is 1. The van der Waals surface area contributed by atoms with Crippen molar-refractivity contribution in [2.45, 2.75) is 13.0 Å². The SMILES string of the molecule is Cc1cc(NC(=O)CN2CCN(C[C@H](O)COc3ccc(F)cc3)CC2)no1. The van der Waals surface area contributed by atoms with Crippen LogP contribution in [0.3, 0.4) is 0 Å². The molecule has 8 nitrogen and oxygen atoms in total. The fraction of sp³-hybridized carbons (Fsp3) is 0.474. The number of anilines is 1. The maximum absolute atomic E-state index is 12.9. The number of aliphatic hydroxyl groups excluding tert-OH is 1. The van der Waals surface area contributed by atoms with Gasteiger partial charge in [-0.2, -0.15) is 0 Å². The van der Waals surface area contributed by atoms with Gasteiger partial charge in [0, 0.05) is 38.8 Å². The lowest BCUT2D eigenvalue weighted by Crippen LogP contribution is -2.50. The van der Waals surface area contributed by atoms with E-state index in [1.165, 1.54) is 24.3 Å². The zero-order valence-electron chi connectivity index (χ0n) is 15.8. The first-order valence-corrected chi connectivity index (χ1v) is 9.22. The molecule has 152 valence electrons. The summed E-state index contributed by atoms with van der Waals surface area (Å²) < 4.78 is 23.3. The van der Waals surface area contributed by atoms with Gasteiger partial charge >= 0.3 is 0 Å². The number of β-amino-alcohol motifs (C(OH)–C–C–N with tert-alkyl or cyclic N) is 1. The minimum absolute atomic E-state index is 0.130. The Hall–Kier alpha value is -2.49. The Morgan fingerprint density at radius 3 is 2.61 bits per heavy atom. The molecule has 0 radical (unpaired) electrons. The number of nitrogens with zero attached hydrogens (tertiary/aromatic N) is 3. The highest BCUT2D eigenvalue weighted by atomic mass is 19.1. The second kappa shape index (κ2) is 9.63. The van der Waals surface area contributed by atoms with Crippen LogP contribution in [0.25, 0.3) is 0 Å². The van der Waals surface area contributed by atoms with Crippen LogP contribution in [0.1, 0.15) is 5.76 Å². The van der Waals surface area contributed by atoms with Crippen molar-refractivity contribution in [1.82, 2.24) is 15.0 Å². The number of amides is 1. The van der Waals surface area contributed by atoms with Crippen molar-refractivity contribution in [3.8, 4) is 5.75 Å². The molecule has 28 heavy (non-hydrogen) atoms. The van der Waals surface area contributed by atoms with E-state index in [4.69, 9.17) is 9.26 Å². The molecule has 1 aliphatic heterocycles. The van der Waals surface area contributed by atoms with Gasteiger partial charge in [-0.25, -0.2) is 4.39 Å². The number of carbonyl (C=O) groups excluding carboxylic acids is 1. The van der Waals surface area contributed by atoms with E-state index < -0.39 is 6.10 Å². The number of aromatic nitrogens is 1. The fourth-order valence-corrected chi connectivity index (χ4v) is 3.01. The Morgan fingerprint density at radius 2 is 1.96 bits per heavy atom. The molecule has 0 unspecified atom stereocenters. The number of piperazine rings is 1. The van der Waals surface area contributed by atoms with Gasteiger partial charge in [0.2, 0.25) is 5.91 Å². The molecule has 2 aromatic rings. The summed E-state index contributed by atoms with van der Waals surface area (Å²) in [6, 6.07) is 7.38. The molecule has 1 aliphatic rings. The minimum atomic E-state index is -0.643. The van der Waals surface area contributed by atoms with Crippen LogP contribution in [0.5, 0.6) is 5.75 Å². The minimum Gasteiger partial charge on any atom is -0.491 e. The highest BCUT2D eigenvalue weighted by Crippen LogP contribution is 2.12. The largest absolute Gasteiger partial charge is 0.491 e. The highest BCUT2D eigenvalue weighted by molar-refractivity contribution is 5.91. The summed E-state index contributed by atoms with van der Waals surface area (Å²) in [5, 5.41) is 16.6. The Balaban J connectivity index is 1.33. The zero-order valence-corrected chi connectivity index (χ0v) is 15.8. The van der Waals surface area contributed by atoms with Gasteiger partial charge in [0.05, 0.1) is 6.54 Å². The lowest BCUT2D eigenvalue weighted by Gasteiger charge is -2.35. The van der Waals surface area contributed by atoms with Crippen molar-refractivity contribution in [2.24, 2.45) is 0 Å². The van der Waals surface area contributed by atoms with Crippen molar-refractivity contribution in [2.75, 3.05) is 51.2 Å². The summed E-state index contributed by atoms with van der Waals surface area (Å²) >= 11 is 0. The fourth-order valence-electron chi connectivity index (χ4n) is 3.01. The number of halogens is 1. The van der Waals surface area contributed by atoms with Crippen molar-refractivity contribution in [3.63, 3.8) is 0 Å². The quantitative estimate of drug-likeness (QED) is 0.696. The van der Waals surface area contributed by atoms with E-state index in [0.29, 0.717) is 23.9 Å². The number of hydrogen-bond acceptors (Lipinski definition) is 7. The van der Waals surface area contributed by atoms with E-state index in [1.54, 1.807) is 13.0 Å². The van der Waals surface area contributed by atoms with Gasteiger partial charge in [-0.1, -0.05) is 5.16 Å². The lowest BCUT2D eigenvalue weighted by molar-refractivity contribution is -0.117. The van der Waals surface area contributed by atoms with Crippen LogP contribution in [0, 0.1) is 12.7 Å². The Kier molecular flexibility index (Phi) is 6.96. The van der Waals surface area contributed by atoms with Gasteiger partial charge in [0.1, 0.15) is 30.0 Å². The molecule has 0 bridgehead atoms. The highest BCUT2D eigenvalue weighted by Gasteiger charge is 2.21. The molecule has 3 rings (SSSR count). The molecular weight excluding hydrogens is 367 g/mol. The van der Waals surface area contributed by atoms with E-state index in [1.807, 2.05) is 0 Å². The van der Waals surface area contributed by atoms with Crippen LogP contribution in [0.4, 0.5) is 10.2 Å². The molecule has 0 aliphatic carbocycles. The van der Waals surface area contributed by atoms with Crippen LogP contribution in [0.2, 0.25) is 0 Å². The summed E-state index contributed by atoms with van der Waals surface area (Å²) in [4.78, 5) is 16.3. The zero-order chi connectivity index (χ0) is 19.9. The molecule has 1 aromatic carbocycles. The molecule has 1 saturated heterocycles. The maximum Gasteiger partial charge on any atom is 0.239 e. The molecule has 1 atom stereocenters. The molecule has 2 heterocycles. The van der Waals surface area contributed by atoms with Crippen LogP contribution >= 0.6 is 0 Å². The van der Waals surface area contributed by atoms with Gasteiger partial charge < -0.3 is 19.7 Å². The number of aliphatic hydroxyl groups is 1. The predicted molar refractivity (Wildman–Crippen MR) is 101 cm³/mol. The first kappa shape index (κ1) is 20.2. The molecule has 0 saturated carbocycles. The summed E-state index contributed by atoms with van der Waals surface area (Å²) in [7, 11) is 0. The van der Waals surface area contributed by atoms with Gasteiger partial charge in [-0.05, 0) is 31.2 Å². The second-order valence-corrected chi connectivity index (χ2v) is 6.87. The standard InChI is InChI=1S/C19H25FN4O4/c1-14-10-18(22-28-14)21-19(26)12-24-8-6-23(7-9-24)11-16(25)13-27-17-4-2-15(20)3-5-17/h2-5,10,16,25H,6-9,11-13H2,1H3,(H,21,22,26)/t16-/m0/s1. The van der Waals surface area contributed by atoms with E-state index in [0.717, 1.165) is 26.2 Å². The van der Waals surface area contributed by atoms with Crippen LogP contribution in [0.15, 0.2) is 34.9 Å². The van der Waals surface area contributed by atoms with Gasteiger partial charge in [-0.15, -0.1) is 0 Å². The van der Waals surface area contributed by atoms with Crippen molar-refractivity contribution in [3.05, 3.63) is 41.9 Å². The smallest absolute Gasteiger partial charge is 0.239 e. The van der Waals surface area contributed by atoms with E-state index >= 15 is 0 Å². The lowest BCUT2D eigenvalue weighted by atomic mass is 10.2. The summed E-state index contributed by atoms with van der Waals surface area (Å²) in [6.07, 6.45) is -0.643. The van der Waals surface area contributed by atoms with E-state index in [-0.39, 0.29) is 24.9 Å². The average molecular weight is 392 g/mol. The summed E-state index contributed by atoms with van der Waals surface area (Å²) in [5.41, 5.74) is 0. The first-order chi connectivity index (χ1) is 13.5. The average Bonchev–Trinajstić information content (AvgIpc) is 3.07. The number of nitrogens with one attached hydrogen (secondary N) is 1. The third-order valence-corrected chi connectivity index (χ3v) is 4.45. The molecular formula is C19H25FN4O4. The van der Waals surface area contributed by atoms with Gasteiger partial charge in [0.25, 0.3) is 0 Å². The number of carbonyl (C=O) groups is 1. The van der Waals surface area contributed by atoms with Crippen molar-refractivity contribution < 1.29 is 23.6 Å². The predicted octanol–water partition coefficient (Wildman–Crippen LogP) is 1.12. The monoisotopic (exact) mass is 392 g/mol. The summed E-state index contributed by atoms with van der Waals surface area (Å²) in [5.74, 6) is 1.14. The Bertz CT molecular complexity index is 760. The normalized spacial score (nSPS) is 16.7. The van der Waals surface area contributed by atoms with Crippen LogP contribution < -0.4 is 10.1 Å². The van der Waals surface area contributed by atoms with Crippen molar-refractivity contribution >= 4 is 11.7 Å². The second-order valence-electron chi connectivity index (χ2n) is 6.87. The molecule has 1 fully saturated rings. The number of benzene rings is 1. The molecule has 1 aromatic heterocycles. The van der Waals surface area contributed by atoms with E-state index in [9.17, 15) is 14.3 Å². The third-order valence-electron chi connectivity index (χ3n) is 4.45. The van der Waals surface area contributed by atoms with Gasteiger partial charge in [0.15, 0.2) is 5.82 Å². The number of rotatable bonds is 8. The number of hydrogen-bond donors (Lipinski definition) is 2. The molecule has 1 amide bonds.